The van der Waals surface area contributed by atoms with Gasteiger partial charge in [-0.05, 0) is 54.9 Å². The largest absolute Gasteiger partial charge is 0.358 e. The van der Waals surface area contributed by atoms with Crippen LogP contribution >= 0.6 is 12.2 Å². The fourth-order valence-corrected chi connectivity index (χ4v) is 3.09. The maximum atomic E-state index is 12.9. The zero-order valence-electron chi connectivity index (χ0n) is 11.8. The maximum absolute atomic E-state index is 12.9. The first-order valence-electron chi connectivity index (χ1n) is 7.04. The summed E-state index contributed by atoms with van der Waals surface area (Å²) < 4.78 is 12.9. The minimum Gasteiger partial charge on any atom is -0.358 e. The summed E-state index contributed by atoms with van der Waals surface area (Å²) in [7, 11) is 0. The topological polar surface area (TPSA) is 15.3 Å². The Kier molecular flexibility index (Phi) is 3.88. The van der Waals surface area contributed by atoms with Gasteiger partial charge in [-0.3, -0.25) is 0 Å². The van der Waals surface area contributed by atoms with E-state index in [4.69, 9.17) is 12.2 Å². The molecule has 0 amide bonds. The number of halogens is 1. The summed E-state index contributed by atoms with van der Waals surface area (Å²) in [5.74, 6) is -0.219. The second-order valence-corrected chi connectivity index (χ2v) is 5.72. The highest BCUT2D eigenvalue weighted by molar-refractivity contribution is 7.80. The summed E-state index contributed by atoms with van der Waals surface area (Å²) in [4.78, 5) is 2.16. The molecule has 1 unspecified atom stereocenters. The summed E-state index contributed by atoms with van der Waals surface area (Å²) in [6.07, 6.45) is 1.01. The van der Waals surface area contributed by atoms with Gasteiger partial charge in [0.1, 0.15) is 5.82 Å². The van der Waals surface area contributed by atoms with Gasteiger partial charge in [-0.1, -0.05) is 30.3 Å². The van der Waals surface area contributed by atoms with Crippen molar-refractivity contribution in [3.63, 3.8) is 0 Å². The lowest BCUT2D eigenvalue weighted by molar-refractivity contribution is 0.626. The number of anilines is 1. The van der Waals surface area contributed by atoms with Gasteiger partial charge in [0.2, 0.25) is 0 Å². The minimum absolute atomic E-state index is 0.219. The molecule has 2 aromatic carbocycles. The molecule has 2 aromatic rings. The van der Waals surface area contributed by atoms with Crippen LogP contribution in [0.1, 0.15) is 18.1 Å². The molecule has 3 rings (SSSR count). The Bertz CT molecular complexity index is 654. The fraction of sp³-hybridized carbons (Fsp3) is 0.235. The van der Waals surface area contributed by atoms with Crippen molar-refractivity contribution in [1.82, 2.24) is 5.32 Å². The Morgan fingerprint density at radius 3 is 2.71 bits per heavy atom. The van der Waals surface area contributed by atoms with Crippen molar-refractivity contribution in [3.05, 3.63) is 65.5 Å². The second kappa shape index (κ2) is 5.82. The molecule has 0 saturated carbocycles. The van der Waals surface area contributed by atoms with Crippen molar-refractivity contribution in [3.8, 4) is 0 Å². The van der Waals surface area contributed by atoms with Gasteiger partial charge in [-0.15, -0.1) is 0 Å². The second-order valence-electron chi connectivity index (χ2n) is 5.34. The Morgan fingerprint density at radius 1 is 1.24 bits per heavy atom. The Labute approximate surface area is 129 Å². The predicted octanol–water partition coefficient (Wildman–Crippen LogP) is 3.65. The third kappa shape index (κ3) is 2.90. The van der Waals surface area contributed by atoms with Gasteiger partial charge >= 0.3 is 0 Å². The Hall–Kier alpha value is -1.94. The van der Waals surface area contributed by atoms with Crippen LogP contribution in [-0.2, 0) is 13.0 Å². The van der Waals surface area contributed by atoms with Crippen molar-refractivity contribution in [2.45, 2.75) is 25.9 Å². The molecule has 21 heavy (non-hydrogen) atoms. The molecule has 0 radical (unpaired) electrons. The van der Waals surface area contributed by atoms with Crippen LogP contribution in [0.3, 0.4) is 0 Å². The van der Waals surface area contributed by atoms with Crippen LogP contribution < -0.4 is 10.2 Å². The number of fused-ring (bicyclic) bond motifs is 1. The zero-order valence-corrected chi connectivity index (χ0v) is 12.7. The van der Waals surface area contributed by atoms with E-state index in [9.17, 15) is 4.39 Å². The maximum Gasteiger partial charge on any atom is 0.174 e. The van der Waals surface area contributed by atoms with E-state index in [-0.39, 0.29) is 5.82 Å². The third-order valence-electron chi connectivity index (χ3n) is 3.78. The number of hydrogen-bond donors (Lipinski definition) is 1. The average molecular weight is 300 g/mol. The molecule has 4 heteroatoms. The first-order valence-corrected chi connectivity index (χ1v) is 7.45. The van der Waals surface area contributed by atoms with E-state index in [0.29, 0.717) is 12.6 Å². The monoisotopic (exact) mass is 300 g/mol. The van der Waals surface area contributed by atoms with Crippen LogP contribution in [0.5, 0.6) is 0 Å². The normalized spacial score (nSPS) is 16.7. The highest BCUT2D eigenvalue weighted by atomic mass is 32.1. The quantitative estimate of drug-likeness (QED) is 0.852. The first kappa shape index (κ1) is 14.0. The number of hydrogen-bond acceptors (Lipinski definition) is 1. The molecule has 0 aromatic heterocycles. The molecular formula is C17H17FN2S. The van der Waals surface area contributed by atoms with Gasteiger partial charge in [0, 0.05) is 18.3 Å². The van der Waals surface area contributed by atoms with Gasteiger partial charge in [0.15, 0.2) is 5.11 Å². The molecular weight excluding hydrogens is 283 g/mol. The molecule has 0 fully saturated rings. The molecule has 0 saturated heterocycles. The van der Waals surface area contributed by atoms with E-state index < -0.39 is 0 Å². The minimum atomic E-state index is -0.219. The molecule has 0 bridgehead atoms. The predicted molar refractivity (Wildman–Crippen MR) is 87.9 cm³/mol. The lowest BCUT2D eigenvalue weighted by atomic mass is 10.1. The van der Waals surface area contributed by atoms with E-state index in [1.54, 1.807) is 12.1 Å². The smallest absolute Gasteiger partial charge is 0.174 e. The van der Waals surface area contributed by atoms with Crippen LogP contribution in [0.15, 0.2) is 48.5 Å². The van der Waals surface area contributed by atoms with Crippen molar-refractivity contribution in [2.24, 2.45) is 0 Å². The van der Waals surface area contributed by atoms with Crippen molar-refractivity contribution < 1.29 is 4.39 Å². The number of benzene rings is 2. The highest BCUT2D eigenvalue weighted by Gasteiger charge is 2.28. The molecule has 1 heterocycles. The Morgan fingerprint density at radius 2 is 1.95 bits per heavy atom. The highest BCUT2D eigenvalue weighted by Crippen LogP contribution is 2.31. The molecule has 2 nitrogen and oxygen atoms in total. The van der Waals surface area contributed by atoms with E-state index in [2.05, 4.69) is 35.3 Å². The SMILES string of the molecule is CC1Cc2ccccc2N1C(=S)NCc1ccc(F)cc1. The van der Waals surface area contributed by atoms with Gasteiger partial charge in [-0.2, -0.15) is 0 Å². The van der Waals surface area contributed by atoms with Crippen LogP contribution in [0.2, 0.25) is 0 Å². The van der Waals surface area contributed by atoms with Crippen LogP contribution in [-0.4, -0.2) is 11.2 Å². The van der Waals surface area contributed by atoms with Crippen LogP contribution in [0.25, 0.3) is 0 Å². The lowest BCUT2D eigenvalue weighted by Crippen LogP contribution is -2.42. The van der Waals surface area contributed by atoms with Gasteiger partial charge in [-0.25, -0.2) is 4.39 Å². The van der Waals surface area contributed by atoms with Crippen molar-refractivity contribution >= 4 is 23.0 Å². The van der Waals surface area contributed by atoms with Crippen LogP contribution in [0.4, 0.5) is 10.1 Å². The summed E-state index contributed by atoms with van der Waals surface area (Å²) in [6.45, 7) is 2.77. The number of nitrogens with one attached hydrogen (secondary N) is 1. The molecule has 108 valence electrons. The van der Waals surface area contributed by atoms with E-state index in [1.807, 2.05) is 6.07 Å². The molecule has 0 aliphatic carbocycles. The summed E-state index contributed by atoms with van der Waals surface area (Å²) in [5.41, 5.74) is 3.52. The lowest BCUT2D eigenvalue weighted by Gasteiger charge is -2.26. The average Bonchev–Trinajstić information content (AvgIpc) is 2.82. The molecule has 1 N–H and O–H groups in total. The van der Waals surface area contributed by atoms with Gasteiger partial charge in [0.05, 0.1) is 0 Å². The summed E-state index contributed by atoms with van der Waals surface area (Å²) in [6, 6.07) is 15.2. The Balaban J connectivity index is 1.70. The van der Waals surface area contributed by atoms with Gasteiger partial charge < -0.3 is 10.2 Å². The number of thiocarbonyl (C=S) groups is 1. The van der Waals surface area contributed by atoms with E-state index >= 15 is 0 Å². The van der Waals surface area contributed by atoms with E-state index in [1.165, 1.54) is 23.4 Å². The number of nitrogens with zero attached hydrogens (tertiary/aromatic N) is 1. The van der Waals surface area contributed by atoms with Gasteiger partial charge in [0.25, 0.3) is 0 Å². The van der Waals surface area contributed by atoms with E-state index in [0.717, 1.165) is 17.1 Å². The molecule has 1 aliphatic rings. The summed E-state index contributed by atoms with van der Waals surface area (Å²) in [5, 5.41) is 3.99. The number of para-hydroxylation sites is 1. The standard InChI is InChI=1S/C17H17FN2S/c1-12-10-14-4-2-3-5-16(14)20(12)17(21)19-11-13-6-8-15(18)9-7-13/h2-9,12H,10-11H2,1H3,(H,19,21). The molecule has 1 atom stereocenters. The van der Waals surface area contributed by atoms with Crippen molar-refractivity contribution in [1.29, 1.82) is 0 Å². The van der Waals surface area contributed by atoms with Crippen molar-refractivity contribution in [2.75, 3.05) is 4.90 Å². The molecule has 1 aliphatic heterocycles. The summed E-state index contributed by atoms with van der Waals surface area (Å²) >= 11 is 5.53. The first-order chi connectivity index (χ1) is 10.1. The number of rotatable bonds is 2. The molecule has 0 spiro atoms. The third-order valence-corrected chi connectivity index (χ3v) is 4.12. The fourth-order valence-electron chi connectivity index (χ4n) is 2.74. The van der Waals surface area contributed by atoms with Crippen LogP contribution in [0, 0.1) is 5.82 Å². The zero-order chi connectivity index (χ0) is 14.8.